The fourth-order valence-corrected chi connectivity index (χ4v) is 2.02. The van der Waals surface area contributed by atoms with Gasteiger partial charge < -0.3 is 10.1 Å². The minimum absolute atomic E-state index is 0.884. The van der Waals surface area contributed by atoms with E-state index < -0.39 is 0 Å². The Morgan fingerprint density at radius 1 is 0.895 bits per heavy atom. The van der Waals surface area contributed by atoms with Crippen LogP contribution in [-0.2, 0) is 6.42 Å². The quantitative estimate of drug-likeness (QED) is 0.754. The molecular formula is C17H21NO. The molecule has 0 bridgehead atoms. The lowest BCUT2D eigenvalue weighted by Crippen LogP contribution is -2.07. The van der Waals surface area contributed by atoms with Crippen molar-refractivity contribution in [1.29, 1.82) is 0 Å². The Morgan fingerprint density at radius 2 is 1.68 bits per heavy atom. The summed E-state index contributed by atoms with van der Waals surface area (Å²) in [7, 11) is 1.99. The van der Waals surface area contributed by atoms with Crippen LogP contribution in [0.5, 0.6) is 11.5 Å². The molecule has 0 radical (unpaired) electrons. The predicted molar refractivity (Wildman–Crippen MR) is 79.8 cm³/mol. The van der Waals surface area contributed by atoms with Gasteiger partial charge in [0.1, 0.15) is 11.5 Å². The van der Waals surface area contributed by atoms with Crippen LogP contribution in [0.2, 0.25) is 0 Å². The number of ether oxygens (including phenoxy) is 1. The molecule has 0 aliphatic rings. The second-order valence-corrected chi connectivity index (χ2v) is 4.62. The molecule has 0 aliphatic carbocycles. The van der Waals surface area contributed by atoms with E-state index in [2.05, 4.69) is 23.5 Å². The topological polar surface area (TPSA) is 21.3 Å². The number of para-hydroxylation sites is 1. The Labute approximate surface area is 115 Å². The number of nitrogens with one attached hydrogen (secondary N) is 1. The minimum Gasteiger partial charge on any atom is -0.457 e. The second kappa shape index (κ2) is 7.59. The number of aryl methyl sites for hydroxylation is 1. The largest absolute Gasteiger partial charge is 0.457 e. The Bertz CT molecular complexity index is 482. The fourth-order valence-electron chi connectivity index (χ4n) is 2.02. The summed E-state index contributed by atoms with van der Waals surface area (Å²) in [5.41, 5.74) is 1.34. The van der Waals surface area contributed by atoms with E-state index in [1.165, 1.54) is 18.4 Å². The molecule has 0 fully saturated rings. The molecule has 1 N–H and O–H groups in total. The third-order valence-corrected chi connectivity index (χ3v) is 3.02. The van der Waals surface area contributed by atoms with Gasteiger partial charge in [-0.1, -0.05) is 30.3 Å². The zero-order valence-electron chi connectivity index (χ0n) is 11.4. The summed E-state index contributed by atoms with van der Waals surface area (Å²) in [6.07, 6.45) is 3.52. The molecule has 0 aromatic heterocycles. The molecule has 2 rings (SSSR count). The number of rotatable bonds is 7. The van der Waals surface area contributed by atoms with Gasteiger partial charge in [0.05, 0.1) is 0 Å². The van der Waals surface area contributed by atoms with Crippen molar-refractivity contribution in [3.8, 4) is 11.5 Å². The minimum atomic E-state index is 0.884. The zero-order chi connectivity index (χ0) is 13.3. The van der Waals surface area contributed by atoms with Gasteiger partial charge in [-0.15, -0.1) is 0 Å². The summed E-state index contributed by atoms with van der Waals surface area (Å²) in [4.78, 5) is 0. The van der Waals surface area contributed by atoms with Gasteiger partial charge in [0.2, 0.25) is 0 Å². The Balaban J connectivity index is 1.91. The summed E-state index contributed by atoms with van der Waals surface area (Å²) in [6.45, 7) is 1.08. The van der Waals surface area contributed by atoms with Gasteiger partial charge in [0.25, 0.3) is 0 Å². The molecule has 2 aromatic carbocycles. The highest BCUT2D eigenvalue weighted by Crippen LogP contribution is 2.22. The van der Waals surface area contributed by atoms with Crippen molar-refractivity contribution in [1.82, 2.24) is 5.32 Å². The van der Waals surface area contributed by atoms with Gasteiger partial charge in [0.15, 0.2) is 0 Å². The first-order chi connectivity index (χ1) is 9.38. The summed E-state index contributed by atoms with van der Waals surface area (Å²) in [5.74, 6) is 1.80. The molecule has 0 aliphatic heterocycles. The van der Waals surface area contributed by atoms with Crippen LogP contribution in [0, 0.1) is 0 Å². The van der Waals surface area contributed by atoms with Crippen LogP contribution in [0.3, 0.4) is 0 Å². The van der Waals surface area contributed by atoms with Gasteiger partial charge in [-0.3, -0.25) is 0 Å². The molecular weight excluding hydrogens is 234 g/mol. The van der Waals surface area contributed by atoms with E-state index in [1.807, 2.05) is 43.4 Å². The maximum atomic E-state index is 5.83. The molecule has 0 heterocycles. The van der Waals surface area contributed by atoms with Gasteiger partial charge >= 0.3 is 0 Å². The fraction of sp³-hybridized carbons (Fsp3) is 0.294. The monoisotopic (exact) mass is 255 g/mol. The molecule has 19 heavy (non-hydrogen) atoms. The van der Waals surface area contributed by atoms with Crippen molar-refractivity contribution in [3.05, 3.63) is 60.2 Å². The molecule has 0 saturated heterocycles. The van der Waals surface area contributed by atoms with Crippen LogP contribution >= 0.6 is 0 Å². The van der Waals surface area contributed by atoms with Gasteiger partial charge in [-0.2, -0.15) is 0 Å². The second-order valence-electron chi connectivity index (χ2n) is 4.62. The lowest BCUT2D eigenvalue weighted by Gasteiger charge is -2.07. The van der Waals surface area contributed by atoms with Crippen LogP contribution in [-0.4, -0.2) is 13.6 Å². The van der Waals surface area contributed by atoms with E-state index in [1.54, 1.807) is 0 Å². The van der Waals surface area contributed by atoms with Crippen molar-refractivity contribution in [2.75, 3.05) is 13.6 Å². The van der Waals surface area contributed by atoms with Gasteiger partial charge in [-0.05, 0) is 62.7 Å². The smallest absolute Gasteiger partial charge is 0.127 e. The Kier molecular flexibility index (Phi) is 5.45. The molecule has 2 nitrogen and oxygen atoms in total. The van der Waals surface area contributed by atoms with E-state index in [-0.39, 0.29) is 0 Å². The van der Waals surface area contributed by atoms with E-state index >= 15 is 0 Å². The average molecular weight is 255 g/mol. The molecule has 2 aromatic rings. The van der Waals surface area contributed by atoms with Crippen molar-refractivity contribution in [2.45, 2.75) is 19.3 Å². The van der Waals surface area contributed by atoms with Crippen LogP contribution in [0.4, 0.5) is 0 Å². The molecule has 0 amide bonds. The average Bonchev–Trinajstić information content (AvgIpc) is 2.45. The summed E-state index contributed by atoms with van der Waals surface area (Å²) in [5, 5.41) is 3.17. The van der Waals surface area contributed by atoms with Crippen LogP contribution in [0.25, 0.3) is 0 Å². The van der Waals surface area contributed by atoms with Crippen LogP contribution < -0.4 is 10.1 Å². The molecule has 100 valence electrons. The summed E-state index contributed by atoms with van der Waals surface area (Å²) < 4.78 is 5.83. The highest BCUT2D eigenvalue weighted by atomic mass is 16.5. The first-order valence-electron chi connectivity index (χ1n) is 6.85. The lowest BCUT2D eigenvalue weighted by atomic mass is 10.1. The summed E-state index contributed by atoms with van der Waals surface area (Å²) >= 11 is 0. The first kappa shape index (κ1) is 13.6. The van der Waals surface area contributed by atoms with Crippen molar-refractivity contribution in [3.63, 3.8) is 0 Å². The van der Waals surface area contributed by atoms with E-state index in [0.717, 1.165) is 24.5 Å². The number of unbranched alkanes of at least 4 members (excludes halogenated alkanes) is 1. The maximum absolute atomic E-state index is 5.83. The van der Waals surface area contributed by atoms with Crippen molar-refractivity contribution in [2.24, 2.45) is 0 Å². The third-order valence-electron chi connectivity index (χ3n) is 3.02. The van der Waals surface area contributed by atoms with Gasteiger partial charge in [0, 0.05) is 0 Å². The van der Waals surface area contributed by atoms with Crippen LogP contribution in [0.15, 0.2) is 54.6 Å². The van der Waals surface area contributed by atoms with Crippen molar-refractivity contribution >= 4 is 0 Å². The van der Waals surface area contributed by atoms with Crippen LogP contribution in [0.1, 0.15) is 18.4 Å². The number of benzene rings is 2. The maximum Gasteiger partial charge on any atom is 0.127 e. The van der Waals surface area contributed by atoms with E-state index in [4.69, 9.17) is 4.74 Å². The molecule has 0 spiro atoms. The van der Waals surface area contributed by atoms with Gasteiger partial charge in [-0.25, -0.2) is 0 Å². The molecule has 0 unspecified atom stereocenters. The Hall–Kier alpha value is -1.80. The first-order valence-corrected chi connectivity index (χ1v) is 6.85. The zero-order valence-corrected chi connectivity index (χ0v) is 11.4. The highest BCUT2D eigenvalue weighted by Gasteiger charge is 1.99. The Morgan fingerprint density at radius 3 is 2.47 bits per heavy atom. The lowest BCUT2D eigenvalue weighted by molar-refractivity contribution is 0.482. The molecule has 0 saturated carbocycles. The number of hydrogen-bond donors (Lipinski definition) is 1. The standard InChI is InChI=1S/C17H21NO/c1-18-13-6-5-8-15-9-7-12-17(14-15)19-16-10-3-2-4-11-16/h2-4,7,9-12,14,18H,5-6,8,13H2,1H3. The molecule has 2 heteroatoms. The third kappa shape index (κ3) is 4.76. The normalized spacial score (nSPS) is 10.4. The number of hydrogen-bond acceptors (Lipinski definition) is 2. The highest BCUT2D eigenvalue weighted by molar-refractivity contribution is 5.33. The van der Waals surface area contributed by atoms with E-state index in [9.17, 15) is 0 Å². The van der Waals surface area contributed by atoms with E-state index in [0.29, 0.717) is 0 Å². The predicted octanol–water partition coefficient (Wildman–Crippen LogP) is 4.02. The molecule has 0 atom stereocenters. The summed E-state index contributed by atoms with van der Waals surface area (Å²) in [6, 6.07) is 18.3. The SMILES string of the molecule is CNCCCCc1cccc(Oc2ccccc2)c1. The van der Waals surface area contributed by atoms with Crippen molar-refractivity contribution < 1.29 is 4.74 Å².